The van der Waals surface area contributed by atoms with Gasteiger partial charge in [-0.15, -0.1) is 6.58 Å². The molecule has 5 aromatic rings. The lowest BCUT2D eigenvalue weighted by Crippen LogP contribution is -2.70. The second-order valence-corrected chi connectivity index (χ2v) is 19.9. The molecule has 2 aliphatic carbocycles. The zero-order valence-electron chi connectivity index (χ0n) is 42.0. The van der Waals surface area contributed by atoms with Gasteiger partial charge in [-0.2, -0.15) is 0 Å². The summed E-state index contributed by atoms with van der Waals surface area (Å²) >= 11 is 0. The maximum Gasteiger partial charge on any atom is 0.269 e. The number of amides is 1. The Bertz CT molecular complexity index is 2880. The van der Waals surface area contributed by atoms with Crippen molar-refractivity contribution >= 4 is 40.4 Å². The fourth-order valence-corrected chi connectivity index (χ4v) is 10.8. The van der Waals surface area contributed by atoms with Crippen LogP contribution in [-0.4, -0.2) is 82.3 Å². The number of hydrogen-bond donors (Lipinski definition) is 2. The van der Waals surface area contributed by atoms with Crippen LogP contribution >= 0.6 is 0 Å². The molecule has 73 heavy (non-hydrogen) atoms. The summed E-state index contributed by atoms with van der Waals surface area (Å²) in [6.07, 6.45) is 12.2. The minimum absolute atomic E-state index is 0.0136. The van der Waals surface area contributed by atoms with Crippen molar-refractivity contribution < 1.29 is 48.5 Å². The number of allylic oxidation sites excluding steroid dienone is 1. The Morgan fingerprint density at radius 1 is 0.945 bits per heavy atom. The average Bonchev–Trinajstić information content (AvgIpc) is 3.39. The SMILES string of the molecule is C=CCOC12Oc3ccc(Oc4ccc(OC)c(C=O)c4)cc3C3C(CCCCO)C(CCCCO)C=C(C(=NOC(C)(C)C)CC1N(Cc1cccc4ccccc14)C(=O)C=Cc1ccc([N+](=O)[O-])cc1)C32. The Morgan fingerprint density at radius 3 is 2.38 bits per heavy atom. The van der Waals surface area contributed by atoms with Gasteiger partial charge in [0.05, 0.1) is 35.8 Å². The first-order valence-corrected chi connectivity index (χ1v) is 25.1. The minimum Gasteiger partial charge on any atom is -0.496 e. The number of methoxy groups -OCH3 is 1. The summed E-state index contributed by atoms with van der Waals surface area (Å²) in [6.45, 7) is 10.2. The molecule has 5 aromatic carbocycles. The van der Waals surface area contributed by atoms with Gasteiger partial charge in [-0.25, -0.2) is 0 Å². The van der Waals surface area contributed by atoms with E-state index in [0.29, 0.717) is 52.7 Å². The van der Waals surface area contributed by atoms with E-state index in [1.54, 1.807) is 47.4 Å². The van der Waals surface area contributed by atoms with Gasteiger partial charge in [0.1, 0.15) is 34.6 Å². The van der Waals surface area contributed by atoms with E-state index in [-0.39, 0.29) is 62.1 Å². The topological polar surface area (TPSA) is 179 Å². The summed E-state index contributed by atoms with van der Waals surface area (Å²) in [4.78, 5) is 46.8. The summed E-state index contributed by atoms with van der Waals surface area (Å²) in [7, 11) is 1.50. The molecule has 382 valence electrons. The monoisotopic (exact) mass is 991 g/mol. The highest BCUT2D eigenvalue weighted by Crippen LogP contribution is 2.62. The van der Waals surface area contributed by atoms with E-state index >= 15 is 4.79 Å². The molecule has 0 radical (unpaired) electrons. The number of benzene rings is 5. The standard InChI is InChI=1S/C59H65N3O11/c1-6-32-70-59-54(61(37-42-17-13-16-40-14-7-8-18-47(40)42)55(66)29-22-39-20-23-44(24-21-39)62(67)68)36-51(60-73-58(2,3)4)49-34-41(15-9-11-30-63)48(19-10-12-31-64)56(57(49)59)50-35-46(26-28-53(50)72-59)71-45-25-27-52(69-5)43(33-45)38-65/h6-8,13-14,16-18,20-29,33-35,38,41,48,54,56-57,63-64H,1,9-12,15,19,30-32,36-37H2,2-5H3. The molecule has 8 rings (SSSR count). The molecule has 1 heterocycles. The van der Waals surface area contributed by atoms with Crippen LogP contribution in [0.3, 0.4) is 0 Å². The number of aliphatic hydroxyl groups is 2. The summed E-state index contributed by atoms with van der Waals surface area (Å²) < 4.78 is 26.7. The molecule has 6 atom stereocenters. The average molecular weight is 992 g/mol. The van der Waals surface area contributed by atoms with Crippen LogP contribution in [0.5, 0.6) is 23.0 Å². The van der Waals surface area contributed by atoms with Crippen LogP contribution in [0.25, 0.3) is 16.8 Å². The number of fused-ring (bicyclic) bond motifs is 3. The Hall–Kier alpha value is -7.13. The van der Waals surface area contributed by atoms with Crippen LogP contribution in [0.15, 0.2) is 139 Å². The first kappa shape index (κ1) is 52.2. The van der Waals surface area contributed by atoms with Gasteiger partial charge in [0, 0.05) is 55.9 Å². The molecule has 0 aromatic heterocycles. The number of aldehydes is 1. The number of nitrogens with zero attached hydrogens (tertiary/aromatic N) is 3. The van der Waals surface area contributed by atoms with Crippen LogP contribution in [0, 0.1) is 27.9 Å². The minimum atomic E-state index is -1.57. The summed E-state index contributed by atoms with van der Waals surface area (Å²) in [6, 6.07) is 30.0. The van der Waals surface area contributed by atoms with E-state index in [2.05, 4.69) is 12.7 Å². The van der Waals surface area contributed by atoms with Crippen molar-refractivity contribution in [1.82, 2.24) is 4.90 Å². The van der Waals surface area contributed by atoms with Crippen molar-refractivity contribution in [3.05, 3.63) is 166 Å². The molecular weight excluding hydrogens is 927 g/mol. The molecular formula is C59H65N3O11. The maximum absolute atomic E-state index is 15.5. The molecule has 3 aliphatic rings. The van der Waals surface area contributed by atoms with Gasteiger partial charge in [0.25, 0.3) is 5.69 Å². The molecule has 2 N–H and O–H groups in total. The van der Waals surface area contributed by atoms with Crippen LogP contribution in [0.1, 0.15) is 98.7 Å². The molecule has 6 unspecified atom stereocenters. The third-order valence-electron chi connectivity index (χ3n) is 14.0. The number of ether oxygens (including phenoxy) is 4. The zero-order chi connectivity index (χ0) is 51.7. The summed E-state index contributed by atoms with van der Waals surface area (Å²) in [5, 5.41) is 38.7. The van der Waals surface area contributed by atoms with E-state index in [9.17, 15) is 25.1 Å². The Kier molecular flexibility index (Phi) is 16.6. The van der Waals surface area contributed by atoms with Crippen molar-refractivity contribution in [2.75, 3.05) is 26.9 Å². The van der Waals surface area contributed by atoms with Crippen LogP contribution in [0.2, 0.25) is 0 Å². The molecule has 0 saturated heterocycles. The zero-order valence-corrected chi connectivity index (χ0v) is 42.0. The van der Waals surface area contributed by atoms with E-state index in [1.165, 1.54) is 25.3 Å². The second-order valence-electron chi connectivity index (χ2n) is 19.9. The molecule has 14 heteroatoms. The van der Waals surface area contributed by atoms with Gasteiger partial charge in [-0.1, -0.05) is 72.6 Å². The Morgan fingerprint density at radius 2 is 1.67 bits per heavy atom. The normalized spacial score (nSPS) is 21.6. The van der Waals surface area contributed by atoms with Crippen molar-refractivity contribution in [2.24, 2.45) is 22.9 Å². The quantitative estimate of drug-likeness (QED) is 0.0168. The molecule has 0 spiro atoms. The fourth-order valence-electron chi connectivity index (χ4n) is 10.8. The van der Waals surface area contributed by atoms with Gasteiger partial charge >= 0.3 is 0 Å². The van der Waals surface area contributed by atoms with Crippen LogP contribution in [-0.2, 0) is 20.9 Å². The number of nitro benzene ring substituents is 1. The van der Waals surface area contributed by atoms with Crippen LogP contribution in [0.4, 0.5) is 5.69 Å². The predicted octanol–water partition coefficient (Wildman–Crippen LogP) is 11.5. The fraction of sp³-hybridized carbons (Fsp3) is 0.373. The second kappa shape index (κ2) is 23.2. The number of oxime groups is 1. The van der Waals surface area contributed by atoms with Crippen molar-refractivity contribution in [3.8, 4) is 23.0 Å². The molecule has 1 aliphatic heterocycles. The van der Waals surface area contributed by atoms with Crippen molar-refractivity contribution in [3.63, 3.8) is 0 Å². The highest BCUT2D eigenvalue weighted by Gasteiger charge is 2.65. The van der Waals surface area contributed by atoms with E-state index < -0.39 is 28.3 Å². The molecule has 1 amide bonds. The maximum atomic E-state index is 15.5. The Balaban J connectivity index is 1.37. The van der Waals surface area contributed by atoms with E-state index in [0.717, 1.165) is 59.4 Å². The molecule has 1 fully saturated rings. The van der Waals surface area contributed by atoms with E-state index in [1.807, 2.05) is 81.4 Å². The lowest BCUT2D eigenvalue weighted by molar-refractivity contribution is -0.384. The lowest BCUT2D eigenvalue weighted by Gasteiger charge is -2.60. The number of hydrogen-bond acceptors (Lipinski definition) is 12. The summed E-state index contributed by atoms with van der Waals surface area (Å²) in [5.41, 5.74) is 3.46. The third-order valence-corrected chi connectivity index (χ3v) is 14.0. The number of rotatable bonds is 22. The van der Waals surface area contributed by atoms with Crippen molar-refractivity contribution in [2.45, 2.75) is 95.6 Å². The number of aliphatic hydroxyl groups excluding tert-OH is 2. The lowest BCUT2D eigenvalue weighted by atomic mass is 9.55. The number of carbonyl (C=O) groups is 2. The largest absolute Gasteiger partial charge is 0.496 e. The first-order valence-electron chi connectivity index (χ1n) is 25.1. The molecule has 14 nitrogen and oxygen atoms in total. The predicted molar refractivity (Wildman–Crippen MR) is 281 cm³/mol. The van der Waals surface area contributed by atoms with Crippen molar-refractivity contribution in [1.29, 1.82) is 0 Å². The third kappa shape index (κ3) is 11.6. The Labute approximate surface area is 426 Å². The van der Waals surface area contributed by atoms with Crippen LogP contribution < -0.4 is 14.2 Å². The smallest absolute Gasteiger partial charge is 0.269 e. The first-order chi connectivity index (χ1) is 35.3. The molecule has 0 bridgehead atoms. The number of nitro groups is 1. The van der Waals surface area contributed by atoms with Gasteiger partial charge < -0.3 is 38.9 Å². The number of unbranched alkanes of at least 4 members (excludes halogenated alkanes) is 2. The van der Waals surface area contributed by atoms with Gasteiger partial charge in [-0.05, 0) is 140 Å². The number of carbonyl (C=O) groups excluding carboxylic acids is 2. The molecule has 1 saturated carbocycles. The highest BCUT2D eigenvalue weighted by atomic mass is 16.7. The van der Waals surface area contributed by atoms with Gasteiger partial charge in [-0.3, -0.25) is 19.7 Å². The highest BCUT2D eigenvalue weighted by molar-refractivity contribution is 6.03. The summed E-state index contributed by atoms with van der Waals surface area (Å²) in [5.74, 6) is -1.04. The van der Waals surface area contributed by atoms with E-state index in [4.69, 9.17) is 28.9 Å². The van der Waals surface area contributed by atoms with Gasteiger partial charge in [0.2, 0.25) is 11.7 Å². The number of non-ortho nitro benzene ring substituents is 1. The van der Waals surface area contributed by atoms with Gasteiger partial charge in [0.15, 0.2) is 6.29 Å².